The molecule has 4 aromatic heterocycles. The number of aromatic nitrogens is 5. The Labute approximate surface area is 222 Å². The van der Waals surface area contributed by atoms with E-state index in [1.165, 1.54) is 0 Å². The van der Waals surface area contributed by atoms with Gasteiger partial charge in [0.2, 0.25) is 11.8 Å². The Morgan fingerprint density at radius 2 is 1.78 bits per heavy atom. The van der Waals surface area contributed by atoms with Gasteiger partial charge in [0.25, 0.3) is 0 Å². The van der Waals surface area contributed by atoms with Crippen LogP contribution in [0.2, 0.25) is 10.0 Å². The van der Waals surface area contributed by atoms with Gasteiger partial charge in [-0.15, -0.1) is 0 Å². The monoisotopic (exact) mass is 534 g/mol. The zero-order chi connectivity index (χ0) is 25.5. The van der Waals surface area contributed by atoms with E-state index in [0.717, 1.165) is 31.2 Å². The first kappa shape index (κ1) is 23.9. The molecular formula is C27H24Cl2N6O2. The molecule has 2 N–H and O–H groups in total. The highest BCUT2D eigenvalue weighted by Crippen LogP contribution is 2.36. The molecule has 37 heavy (non-hydrogen) atoms. The molecule has 1 aromatic carbocycles. The van der Waals surface area contributed by atoms with Gasteiger partial charge in [0.1, 0.15) is 11.0 Å². The molecule has 1 saturated carbocycles. The summed E-state index contributed by atoms with van der Waals surface area (Å²) >= 11 is 12.4. The van der Waals surface area contributed by atoms with Crippen molar-refractivity contribution >= 4 is 45.3 Å². The quantitative estimate of drug-likeness (QED) is 0.309. The van der Waals surface area contributed by atoms with E-state index in [1.807, 2.05) is 34.9 Å². The van der Waals surface area contributed by atoms with Gasteiger partial charge < -0.3 is 10.5 Å². The number of hydrogen-bond donors (Lipinski definition) is 1. The summed E-state index contributed by atoms with van der Waals surface area (Å²) in [6.45, 7) is 0.264. The summed E-state index contributed by atoms with van der Waals surface area (Å²) in [5, 5.41) is 1.59. The largest absolute Gasteiger partial charge is 0.420 e. The van der Waals surface area contributed by atoms with Gasteiger partial charge in [0, 0.05) is 30.5 Å². The van der Waals surface area contributed by atoms with Crippen molar-refractivity contribution in [3.05, 3.63) is 87.0 Å². The maximum absolute atomic E-state index is 14.1. The summed E-state index contributed by atoms with van der Waals surface area (Å²) in [4.78, 5) is 27.9. The van der Waals surface area contributed by atoms with Crippen LogP contribution in [-0.4, -0.2) is 30.1 Å². The fourth-order valence-electron chi connectivity index (χ4n) is 5.05. The molecule has 1 fully saturated rings. The third kappa shape index (κ3) is 4.45. The molecule has 0 bridgehead atoms. The highest BCUT2D eigenvalue weighted by atomic mass is 35.5. The number of fused-ring (bicyclic) bond motifs is 3. The first-order valence-corrected chi connectivity index (χ1v) is 12.9. The minimum Gasteiger partial charge on any atom is -0.420 e. The summed E-state index contributed by atoms with van der Waals surface area (Å²) in [6.07, 6.45) is 6.71. The van der Waals surface area contributed by atoms with Crippen molar-refractivity contribution in [2.45, 2.75) is 44.3 Å². The predicted octanol–water partition coefficient (Wildman–Crippen LogP) is 5.73. The number of rotatable bonds is 5. The second-order valence-corrected chi connectivity index (χ2v) is 10.1. The Balaban J connectivity index is 1.60. The number of halogens is 2. The van der Waals surface area contributed by atoms with Crippen LogP contribution >= 0.6 is 23.2 Å². The van der Waals surface area contributed by atoms with Crippen LogP contribution in [0, 0.1) is 0 Å². The molecule has 10 heteroatoms. The van der Waals surface area contributed by atoms with Gasteiger partial charge in [0.15, 0.2) is 5.65 Å². The smallest absolute Gasteiger partial charge is 0.330 e. The van der Waals surface area contributed by atoms with E-state index in [1.54, 1.807) is 35.2 Å². The number of imidazole rings is 1. The van der Waals surface area contributed by atoms with Gasteiger partial charge in [-0.1, -0.05) is 35.3 Å². The van der Waals surface area contributed by atoms with Gasteiger partial charge in [-0.3, -0.25) is 14.1 Å². The number of nitrogens with two attached hydrogens (primary N) is 1. The van der Waals surface area contributed by atoms with E-state index < -0.39 is 0 Å². The lowest BCUT2D eigenvalue weighted by Gasteiger charge is -2.27. The number of benzene rings is 1. The van der Waals surface area contributed by atoms with Crippen LogP contribution in [0.25, 0.3) is 22.1 Å². The van der Waals surface area contributed by atoms with Gasteiger partial charge >= 0.3 is 5.69 Å². The van der Waals surface area contributed by atoms with E-state index in [0.29, 0.717) is 43.9 Å². The maximum Gasteiger partial charge on any atom is 0.330 e. The van der Waals surface area contributed by atoms with Crippen LogP contribution < -0.4 is 16.2 Å². The highest BCUT2D eigenvalue weighted by Gasteiger charge is 2.28. The van der Waals surface area contributed by atoms with E-state index in [2.05, 4.69) is 4.98 Å². The average molecular weight is 535 g/mol. The van der Waals surface area contributed by atoms with Crippen molar-refractivity contribution in [1.82, 2.24) is 24.1 Å². The van der Waals surface area contributed by atoms with Crippen LogP contribution in [0.15, 0.2) is 65.7 Å². The molecule has 6 rings (SSSR count). The lowest BCUT2D eigenvalue weighted by Crippen LogP contribution is -2.33. The molecule has 0 radical (unpaired) electrons. The Morgan fingerprint density at radius 3 is 2.54 bits per heavy atom. The molecule has 0 aliphatic heterocycles. The molecule has 0 atom stereocenters. The first-order valence-electron chi connectivity index (χ1n) is 12.2. The minimum absolute atomic E-state index is 0.000537. The lowest BCUT2D eigenvalue weighted by atomic mass is 9.91. The van der Waals surface area contributed by atoms with Gasteiger partial charge in [-0.05, 0) is 61.6 Å². The van der Waals surface area contributed by atoms with Crippen molar-refractivity contribution in [2.75, 3.05) is 0 Å². The Morgan fingerprint density at radius 1 is 0.973 bits per heavy atom. The van der Waals surface area contributed by atoms with Crippen molar-refractivity contribution in [1.29, 1.82) is 0 Å². The highest BCUT2D eigenvalue weighted by molar-refractivity contribution is 6.42. The third-order valence-corrected chi connectivity index (χ3v) is 7.62. The summed E-state index contributed by atoms with van der Waals surface area (Å²) in [5.74, 6) is 0.735. The zero-order valence-corrected chi connectivity index (χ0v) is 21.4. The van der Waals surface area contributed by atoms with E-state index in [9.17, 15) is 4.79 Å². The molecule has 1 aliphatic carbocycles. The predicted molar refractivity (Wildman–Crippen MR) is 145 cm³/mol. The molecule has 1 aliphatic rings. The van der Waals surface area contributed by atoms with Crippen LogP contribution in [0.4, 0.5) is 0 Å². The van der Waals surface area contributed by atoms with Crippen molar-refractivity contribution in [3.63, 3.8) is 0 Å². The number of ether oxygens (including phenoxy) is 1. The van der Waals surface area contributed by atoms with Crippen molar-refractivity contribution in [2.24, 2.45) is 5.73 Å². The molecular weight excluding hydrogens is 511 g/mol. The maximum atomic E-state index is 14.1. The van der Waals surface area contributed by atoms with E-state index in [4.69, 9.17) is 43.6 Å². The number of nitrogens with zero attached hydrogens (tertiary/aromatic N) is 5. The Hall–Kier alpha value is -3.46. The third-order valence-electron chi connectivity index (χ3n) is 6.89. The van der Waals surface area contributed by atoms with Gasteiger partial charge in [-0.2, -0.15) is 4.98 Å². The Bertz CT molecular complexity index is 1660. The molecule has 0 unspecified atom stereocenters. The van der Waals surface area contributed by atoms with Crippen molar-refractivity contribution in [3.8, 4) is 11.8 Å². The Kier molecular flexibility index (Phi) is 6.32. The molecule has 4 heterocycles. The van der Waals surface area contributed by atoms with Crippen LogP contribution in [0.3, 0.4) is 0 Å². The average Bonchev–Trinajstić information content (AvgIpc) is 3.18. The molecule has 0 amide bonds. The van der Waals surface area contributed by atoms with Crippen molar-refractivity contribution < 1.29 is 4.74 Å². The molecule has 0 spiro atoms. The van der Waals surface area contributed by atoms with Gasteiger partial charge in [-0.25, -0.2) is 9.78 Å². The van der Waals surface area contributed by atoms with E-state index in [-0.39, 0.29) is 24.3 Å². The molecule has 0 saturated heterocycles. The summed E-state index contributed by atoms with van der Waals surface area (Å²) in [7, 11) is 0. The summed E-state index contributed by atoms with van der Waals surface area (Å²) in [5.41, 5.74) is 8.68. The van der Waals surface area contributed by atoms with Gasteiger partial charge in [0.05, 0.1) is 22.0 Å². The first-order chi connectivity index (χ1) is 18.0. The number of pyridine rings is 3. The summed E-state index contributed by atoms with van der Waals surface area (Å²) in [6, 6.07) is 14.6. The lowest BCUT2D eigenvalue weighted by molar-refractivity contribution is 0.322. The second kappa shape index (κ2) is 9.78. The molecule has 8 nitrogen and oxygen atoms in total. The minimum atomic E-state index is -0.156. The number of hydrogen-bond acceptors (Lipinski definition) is 6. The zero-order valence-electron chi connectivity index (χ0n) is 19.8. The standard InChI is InChI=1S/C27H24Cl2N6O2/c28-20-11-6-16(14-21(20)29)15-34-25-24(35(27(34)36)18-9-7-17(30)8-10-18)23-19(4-3-13-32-23)26(33-25)37-22-5-1-2-12-31-22/h1-6,11-14,17-18H,7-10,15,30H2. The molecule has 188 valence electrons. The fourth-order valence-corrected chi connectivity index (χ4v) is 5.37. The van der Waals surface area contributed by atoms with Crippen LogP contribution in [0.1, 0.15) is 37.3 Å². The fraction of sp³-hybridized carbons (Fsp3) is 0.259. The normalized spacial score (nSPS) is 17.9. The topological polar surface area (TPSA) is 101 Å². The van der Waals surface area contributed by atoms with E-state index >= 15 is 0 Å². The van der Waals surface area contributed by atoms with Crippen LogP contribution in [-0.2, 0) is 6.54 Å². The van der Waals surface area contributed by atoms with Crippen LogP contribution in [0.5, 0.6) is 11.8 Å². The second-order valence-electron chi connectivity index (χ2n) is 9.31. The summed E-state index contributed by atoms with van der Waals surface area (Å²) < 4.78 is 9.61. The SMILES string of the molecule is NC1CCC(n2c(=O)n(Cc3ccc(Cl)c(Cl)c3)c3nc(Oc4ccccn4)c4cccnc4c32)CC1. The molecule has 5 aromatic rings.